The van der Waals surface area contributed by atoms with Crippen LogP contribution >= 0.6 is 0 Å². The number of aromatic nitrogens is 1. The highest BCUT2D eigenvalue weighted by Gasteiger charge is 2.02. The van der Waals surface area contributed by atoms with Crippen molar-refractivity contribution in [2.75, 3.05) is 6.54 Å². The molecule has 0 fully saturated rings. The van der Waals surface area contributed by atoms with E-state index in [1.807, 2.05) is 30.3 Å². The van der Waals surface area contributed by atoms with E-state index in [2.05, 4.69) is 10.3 Å². The molecule has 4 heteroatoms. The Hall–Kier alpha value is -2.20. The van der Waals surface area contributed by atoms with Crippen molar-refractivity contribution in [1.29, 1.82) is 0 Å². The first-order valence-electron chi connectivity index (χ1n) is 5.78. The molecule has 1 amide bonds. The summed E-state index contributed by atoms with van der Waals surface area (Å²) in [6.45, 7) is 0.825. The summed E-state index contributed by atoms with van der Waals surface area (Å²) in [4.78, 5) is 15.8. The van der Waals surface area contributed by atoms with E-state index in [9.17, 15) is 4.79 Å². The number of hydrogen-bond acceptors (Lipinski definition) is 3. The van der Waals surface area contributed by atoms with Gasteiger partial charge < -0.3 is 11.1 Å². The molecule has 3 N–H and O–H groups in total. The van der Waals surface area contributed by atoms with E-state index in [0.717, 1.165) is 16.5 Å². The fourth-order valence-electron chi connectivity index (χ4n) is 1.73. The number of pyridine rings is 1. The van der Waals surface area contributed by atoms with Crippen LogP contribution in [0.1, 0.15) is 5.56 Å². The summed E-state index contributed by atoms with van der Waals surface area (Å²) < 4.78 is 0. The van der Waals surface area contributed by atoms with Crippen molar-refractivity contribution in [3.8, 4) is 0 Å². The second kappa shape index (κ2) is 5.93. The monoisotopic (exact) mass is 241 g/mol. The van der Waals surface area contributed by atoms with Crippen LogP contribution in [0, 0.1) is 0 Å². The molecule has 0 aliphatic rings. The van der Waals surface area contributed by atoms with E-state index in [4.69, 9.17) is 5.73 Å². The third-order valence-corrected chi connectivity index (χ3v) is 2.57. The average molecular weight is 241 g/mol. The number of nitrogens with two attached hydrogens (primary N) is 1. The van der Waals surface area contributed by atoms with Gasteiger partial charge in [0.15, 0.2) is 0 Å². The first-order valence-corrected chi connectivity index (χ1v) is 5.78. The molecule has 0 aliphatic carbocycles. The van der Waals surface area contributed by atoms with Crippen LogP contribution < -0.4 is 11.1 Å². The molecule has 0 spiro atoms. The summed E-state index contributed by atoms with van der Waals surface area (Å²) >= 11 is 0. The lowest BCUT2D eigenvalue weighted by atomic mass is 10.1. The maximum atomic E-state index is 11.4. The summed E-state index contributed by atoms with van der Waals surface area (Å²) in [7, 11) is 0. The Morgan fingerprint density at radius 3 is 3.00 bits per heavy atom. The summed E-state index contributed by atoms with van der Waals surface area (Å²) in [5, 5.41) is 3.88. The van der Waals surface area contributed by atoms with Crippen molar-refractivity contribution in [3.05, 3.63) is 54.2 Å². The van der Waals surface area contributed by atoms with Crippen LogP contribution in [-0.4, -0.2) is 17.4 Å². The van der Waals surface area contributed by atoms with Crippen molar-refractivity contribution >= 4 is 16.8 Å². The fraction of sp³-hybridized carbons (Fsp3) is 0.143. The smallest absolute Gasteiger partial charge is 0.243 e. The number of amides is 1. The number of rotatable bonds is 4. The van der Waals surface area contributed by atoms with Crippen LogP contribution in [0.4, 0.5) is 0 Å². The summed E-state index contributed by atoms with van der Waals surface area (Å²) in [6, 6.07) is 9.82. The molecular weight excluding hydrogens is 226 g/mol. The lowest BCUT2D eigenvalue weighted by Gasteiger charge is -2.06. The van der Waals surface area contributed by atoms with Crippen molar-refractivity contribution in [1.82, 2.24) is 10.3 Å². The molecular formula is C14H15N3O. The molecule has 0 unspecified atom stereocenters. The van der Waals surface area contributed by atoms with Gasteiger partial charge in [0.05, 0.1) is 5.52 Å². The molecule has 0 aliphatic heterocycles. The molecule has 1 heterocycles. The Morgan fingerprint density at radius 1 is 1.33 bits per heavy atom. The van der Waals surface area contributed by atoms with E-state index in [1.165, 1.54) is 6.08 Å². The quantitative estimate of drug-likeness (QED) is 0.794. The van der Waals surface area contributed by atoms with Crippen LogP contribution in [0.15, 0.2) is 48.7 Å². The SMILES string of the molecule is NC/C=C/C(=O)NCc1cccc2cccnc12. The molecule has 0 saturated carbocycles. The minimum absolute atomic E-state index is 0.145. The average Bonchev–Trinajstić information content (AvgIpc) is 2.42. The van der Waals surface area contributed by atoms with Crippen molar-refractivity contribution < 1.29 is 4.79 Å². The fourth-order valence-corrected chi connectivity index (χ4v) is 1.73. The number of hydrogen-bond donors (Lipinski definition) is 2. The molecule has 4 nitrogen and oxygen atoms in total. The van der Waals surface area contributed by atoms with Gasteiger partial charge in [0, 0.05) is 30.7 Å². The zero-order chi connectivity index (χ0) is 12.8. The van der Waals surface area contributed by atoms with Crippen LogP contribution in [0.25, 0.3) is 10.9 Å². The lowest BCUT2D eigenvalue weighted by molar-refractivity contribution is -0.116. The normalized spacial score (nSPS) is 10.9. The molecule has 2 rings (SSSR count). The van der Waals surface area contributed by atoms with Gasteiger partial charge in [0.25, 0.3) is 0 Å². The second-order valence-corrected chi connectivity index (χ2v) is 3.85. The van der Waals surface area contributed by atoms with Gasteiger partial charge in [-0.05, 0) is 11.6 Å². The van der Waals surface area contributed by atoms with Crippen molar-refractivity contribution in [3.63, 3.8) is 0 Å². The number of para-hydroxylation sites is 1. The van der Waals surface area contributed by atoms with Gasteiger partial charge in [0.1, 0.15) is 0 Å². The second-order valence-electron chi connectivity index (χ2n) is 3.85. The largest absolute Gasteiger partial charge is 0.348 e. The zero-order valence-corrected chi connectivity index (χ0v) is 9.97. The number of carbonyl (C=O) groups excluding carboxylic acids is 1. The number of carbonyl (C=O) groups is 1. The predicted octanol–water partition coefficient (Wildman–Crippen LogP) is 1.37. The number of nitrogens with zero attached hydrogens (tertiary/aromatic N) is 1. The van der Waals surface area contributed by atoms with Gasteiger partial charge >= 0.3 is 0 Å². The maximum absolute atomic E-state index is 11.4. The highest BCUT2D eigenvalue weighted by molar-refractivity contribution is 5.88. The molecule has 2 aromatic rings. The lowest BCUT2D eigenvalue weighted by Crippen LogP contribution is -2.20. The molecule has 1 aromatic carbocycles. The topological polar surface area (TPSA) is 68.0 Å². The highest BCUT2D eigenvalue weighted by Crippen LogP contribution is 2.15. The van der Waals surface area contributed by atoms with Gasteiger partial charge in [-0.2, -0.15) is 0 Å². The van der Waals surface area contributed by atoms with E-state index in [1.54, 1.807) is 12.3 Å². The number of benzene rings is 1. The van der Waals surface area contributed by atoms with Gasteiger partial charge in [-0.3, -0.25) is 9.78 Å². The number of fused-ring (bicyclic) bond motifs is 1. The van der Waals surface area contributed by atoms with Gasteiger partial charge in [-0.15, -0.1) is 0 Å². The molecule has 18 heavy (non-hydrogen) atoms. The molecule has 0 radical (unpaired) electrons. The standard InChI is InChI=1S/C14H15N3O/c15-8-2-7-13(18)17-10-12-5-1-4-11-6-3-9-16-14(11)12/h1-7,9H,8,10,15H2,(H,17,18)/b7-2+. The molecule has 0 bridgehead atoms. The maximum Gasteiger partial charge on any atom is 0.243 e. The van der Waals surface area contributed by atoms with E-state index in [0.29, 0.717) is 13.1 Å². The van der Waals surface area contributed by atoms with Crippen molar-refractivity contribution in [2.24, 2.45) is 5.73 Å². The van der Waals surface area contributed by atoms with Crippen LogP contribution in [0.3, 0.4) is 0 Å². The summed E-state index contributed by atoms with van der Waals surface area (Å²) in [5.74, 6) is -0.145. The third-order valence-electron chi connectivity index (χ3n) is 2.57. The summed E-state index contributed by atoms with van der Waals surface area (Å²) in [6.07, 6.45) is 4.82. The van der Waals surface area contributed by atoms with E-state index in [-0.39, 0.29) is 5.91 Å². The molecule has 92 valence electrons. The minimum atomic E-state index is -0.145. The van der Waals surface area contributed by atoms with Gasteiger partial charge in [0.2, 0.25) is 5.91 Å². The third kappa shape index (κ3) is 2.93. The first kappa shape index (κ1) is 12.3. The highest BCUT2D eigenvalue weighted by atomic mass is 16.1. The summed E-state index contributed by atoms with van der Waals surface area (Å²) in [5.41, 5.74) is 7.20. The predicted molar refractivity (Wildman–Crippen MR) is 71.8 cm³/mol. The first-order chi connectivity index (χ1) is 8.81. The van der Waals surface area contributed by atoms with Crippen LogP contribution in [0.2, 0.25) is 0 Å². The van der Waals surface area contributed by atoms with Crippen molar-refractivity contribution in [2.45, 2.75) is 6.54 Å². The van der Waals surface area contributed by atoms with Gasteiger partial charge in [-0.25, -0.2) is 0 Å². The molecule has 0 atom stereocenters. The number of nitrogens with one attached hydrogen (secondary N) is 1. The Morgan fingerprint density at radius 2 is 2.17 bits per heavy atom. The van der Waals surface area contributed by atoms with Gasteiger partial charge in [-0.1, -0.05) is 30.3 Å². The van der Waals surface area contributed by atoms with E-state index < -0.39 is 0 Å². The van der Waals surface area contributed by atoms with E-state index >= 15 is 0 Å². The zero-order valence-electron chi connectivity index (χ0n) is 9.97. The van der Waals surface area contributed by atoms with Crippen LogP contribution in [-0.2, 0) is 11.3 Å². The Kier molecular flexibility index (Phi) is 4.04. The van der Waals surface area contributed by atoms with Crippen LogP contribution in [0.5, 0.6) is 0 Å². The Balaban J connectivity index is 2.12. The molecule has 0 saturated heterocycles. The minimum Gasteiger partial charge on any atom is -0.348 e. The Labute approximate surface area is 106 Å². The Bertz CT molecular complexity index is 573. The molecule has 1 aromatic heterocycles.